The number of halogens is 1. The van der Waals surface area contributed by atoms with Crippen LogP contribution in [0.3, 0.4) is 0 Å². The van der Waals surface area contributed by atoms with Crippen LogP contribution in [0.25, 0.3) is 0 Å². The van der Waals surface area contributed by atoms with Crippen molar-refractivity contribution >= 4 is 11.6 Å². The molecule has 0 fully saturated rings. The van der Waals surface area contributed by atoms with Gasteiger partial charge in [-0.05, 0) is 30.2 Å². The molecule has 0 heterocycles. The first kappa shape index (κ1) is 14.9. The molecule has 3 heteroatoms. The number of hydrogen-bond acceptors (Lipinski definition) is 2. The van der Waals surface area contributed by atoms with E-state index < -0.39 is 0 Å². The molecule has 0 bridgehead atoms. The van der Waals surface area contributed by atoms with Gasteiger partial charge in [0, 0.05) is 23.2 Å². The van der Waals surface area contributed by atoms with Gasteiger partial charge in [0.2, 0.25) is 0 Å². The molecule has 0 aliphatic heterocycles. The van der Waals surface area contributed by atoms with Gasteiger partial charge in [-0.3, -0.25) is 0 Å². The van der Waals surface area contributed by atoms with E-state index in [4.69, 9.17) is 16.3 Å². The van der Waals surface area contributed by atoms with Crippen LogP contribution in [0.4, 0.5) is 0 Å². The number of methoxy groups -OCH3 is 1. The molecule has 1 atom stereocenters. The smallest absolute Gasteiger partial charge is 0.123 e. The topological polar surface area (TPSA) is 21.3 Å². The maximum absolute atomic E-state index is 6.06. The maximum Gasteiger partial charge on any atom is 0.123 e. The molecule has 1 N–H and O–H groups in total. The molecule has 106 valence electrons. The number of rotatable bonds is 6. The van der Waals surface area contributed by atoms with Gasteiger partial charge >= 0.3 is 0 Å². The van der Waals surface area contributed by atoms with Gasteiger partial charge in [-0.2, -0.15) is 0 Å². The average Bonchev–Trinajstić information content (AvgIpc) is 2.48. The van der Waals surface area contributed by atoms with E-state index in [1.807, 2.05) is 36.4 Å². The average molecular weight is 290 g/mol. The second-order valence-corrected chi connectivity index (χ2v) is 5.15. The molecule has 2 aromatic rings. The van der Waals surface area contributed by atoms with Crippen molar-refractivity contribution < 1.29 is 4.74 Å². The summed E-state index contributed by atoms with van der Waals surface area (Å²) in [6.45, 7) is 2.94. The molecule has 2 aromatic carbocycles. The number of hydrogen-bond donors (Lipinski definition) is 1. The zero-order valence-electron chi connectivity index (χ0n) is 11.9. The molecule has 0 amide bonds. The molecule has 20 heavy (non-hydrogen) atoms. The Hall–Kier alpha value is -1.51. The van der Waals surface area contributed by atoms with Crippen LogP contribution in [0.1, 0.15) is 30.5 Å². The number of ether oxygens (including phenoxy) is 1. The summed E-state index contributed by atoms with van der Waals surface area (Å²) in [6.07, 6.45) is 1.01. The van der Waals surface area contributed by atoms with Crippen LogP contribution in [-0.4, -0.2) is 7.11 Å². The van der Waals surface area contributed by atoms with Gasteiger partial charge in [0.1, 0.15) is 5.75 Å². The summed E-state index contributed by atoms with van der Waals surface area (Å²) < 4.78 is 5.37. The Balaban J connectivity index is 2.08. The van der Waals surface area contributed by atoms with Gasteiger partial charge in [0.25, 0.3) is 0 Å². The van der Waals surface area contributed by atoms with Crippen molar-refractivity contribution in [2.24, 2.45) is 0 Å². The summed E-state index contributed by atoms with van der Waals surface area (Å²) in [4.78, 5) is 0. The van der Waals surface area contributed by atoms with Gasteiger partial charge in [-0.1, -0.05) is 48.9 Å². The van der Waals surface area contributed by atoms with Crippen molar-refractivity contribution in [3.8, 4) is 5.75 Å². The predicted octanol–water partition coefficient (Wildman–Crippen LogP) is 4.59. The third kappa shape index (κ3) is 3.75. The third-order valence-electron chi connectivity index (χ3n) is 3.39. The lowest BCUT2D eigenvalue weighted by Gasteiger charge is -2.18. The van der Waals surface area contributed by atoms with E-state index in [2.05, 4.69) is 24.4 Å². The Labute approximate surface area is 125 Å². The van der Waals surface area contributed by atoms with Gasteiger partial charge < -0.3 is 10.1 Å². The molecule has 0 aliphatic carbocycles. The normalized spacial score (nSPS) is 12.2. The minimum Gasteiger partial charge on any atom is -0.496 e. The Morgan fingerprint density at radius 2 is 1.95 bits per heavy atom. The summed E-state index contributed by atoms with van der Waals surface area (Å²) in [5.74, 6) is 0.918. The van der Waals surface area contributed by atoms with Crippen LogP contribution in [0.15, 0.2) is 48.5 Å². The highest BCUT2D eigenvalue weighted by atomic mass is 35.5. The van der Waals surface area contributed by atoms with Gasteiger partial charge in [0.05, 0.1) is 7.11 Å². The summed E-state index contributed by atoms with van der Waals surface area (Å²) in [7, 11) is 1.70. The minimum atomic E-state index is 0.290. The van der Waals surface area contributed by atoms with Crippen LogP contribution < -0.4 is 10.1 Å². The van der Waals surface area contributed by atoms with E-state index in [1.165, 1.54) is 5.56 Å². The predicted molar refractivity (Wildman–Crippen MR) is 84.3 cm³/mol. The first-order chi connectivity index (χ1) is 9.74. The molecule has 0 radical (unpaired) electrons. The SMILES string of the molecule is CCC(NCc1ccccc1OC)c1cccc(Cl)c1. The highest BCUT2D eigenvalue weighted by Crippen LogP contribution is 2.22. The second-order valence-electron chi connectivity index (χ2n) is 4.71. The molecular formula is C17H20ClNO. The monoisotopic (exact) mass is 289 g/mol. The molecule has 0 spiro atoms. The van der Waals surface area contributed by atoms with E-state index in [-0.39, 0.29) is 0 Å². The first-order valence-corrected chi connectivity index (χ1v) is 7.23. The minimum absolute atomic E-state index is 0.290. The van der Waals surface area contributed by atoms with E-state index in [9.17, 15) is 0 Å². The summed E-state index contributed by atoms with van der Waals surface area (Å²) in [6, 6.07) is 16.4. The lowest BCUT2D eigenvalue weighted by molar-refractivity contribution is 0.404. The molecule has 0 aliphatic rings. The number of benzene rings is 2. The van der Waals surface area contributed by atoms with Crippen LogP contribution in [0.5, 0.6) is 5.75 Å². The Morgan fingerprint density at radius 1 is 1.15 bits per heavy atom. The Bertz CT molecular complexity index is 556. The highest BCUT2D eigenvalue weighted by Gasteiger charge is 2.10. The van der Waals surface area contributed by atoms with E-state index in [0.29, 0.717) is 6.04 Å². The standard InChI is InChI=1S/C17H20ClNO/c1-3-16(13-8-6-9-15(18)11-13)19-12-14-7-4-5-10-17(14)20-2/h4-11,16,19H,3,12H2,1-2H3. The fourth-order valence-electron chi connectivity index (χ4n) is 2.30. The highest BCUT2D eigenvalue weighted by molar-refractivity contribution is 6.30. The molecule has 1 unspecified atom stereocenters. The van der Waals surface area contributed by atoms with Crippen LogP contribution >= 0.6 is 11.6 Å². The largest absolute Gasteiger partial charge is 0.496 e. The van der Waals surface area contributed by atoms with Crippen LogP contribution in [-0.2, 0) is 6.54 Å². The van der Waals surface area contributed by atoms with Crippen molar-refractivity contribution in [2.45, 2.75) is 25.9 Å². The molecule has 0 saturated carbocycles. The third-order valence-corrected chi connectivity index (χ3v) is 3.63. The van der Waals surface area contributed by atoms with E-state index in [1.54, 1.807) is 7.11 Å². The van der Waals surface area contributed by atoms with Crippen molar-refractivity contribution in [1.82, 2.24) is 5.32 Å². The van der Waals surface area contributed by atoms with Crippen molar-refractivity contribution in [1.29, 1.82) is 0 Å². The van der Waals surface area contributed by atoms with E-state index >= 15 is 0 Å². The number of nitrogens with one attached hydrogen (secondary N) is 1. The Kier molecular flexibility index (Phi) is 5.45. The molecule has 2 rings (SSSR count). The Morgan fingerprint density at radius 3 is 2.65 bits per heavy atom. The van der Waals surface area contributed by atoms with Gasteiger partial charge in [0.15, 0.2) is 0 Å². The molecule has 2 nitrogen and oxygen atoms in total. The van der Waals surface area contributed by atoms with Crippen molar-refractivity contribution in [2.75, 3.05) is 7.11 Å². The zero-order valence-corrected chi connectivity index (χ0v) is 12.7. The zero-order chi connectivity index (χ0) is 14.4. The molecule has 0 aromatic heterocycles. The summed E-state index contributed by atoms with van der Waals surface area (Å²) in [5, 5.41) is 4.34. The quantitative estimate of drug-likeness (QED) is 0.840. The van der Waals surface area contributed by atoms with Crippen LogP contribution in [0.2, 0.25) is 5.02 Å². The van der Waals surface area contributed by atoms with Gasteiger partial charge in [-0.15, -0.1) is 0 Å². The molecular weight excluding hydrogens is 270 g/mol. The van der Waals surface area contributed by atoms with Crippen LogP contribution in [0, 0.1) is 0 Å². The lowest BCUT2D eigenvalue weighted by atomic mass is 10.0. The molecule has 0 saturated heterocycles. The summed E-state index contributed by atoms with van der Waals surface area (Å²) >= 11 is 6.06. The van der Waals surface area contributed by atoms with Crippen molar-refractivity contribution in [3.63, 3.8) is 0 Å². The number of para-hydroxylation sites is 1. The second kappa shape index (κ2) is 7.32. The fourth-order valence-corrected chi connectivity index (χ4v) is 2.50. The lowest BCUT2D eigenvalue weighted by Crippen LogP contribution is -2.20. The fraction of sp³-hybridized carbons (Fsp3) is 0.294. The van der Waals surface area contributed by atoms with Crippen molar-refractivity contribution in [3.05, 3.63) is 64.7 Å². The first-order valence-electron chi connectivity index (χ1n) is 6.85. The maximum atomic E-state index is 6.06. The van der Waals surface area contributed by atoms with E-state index in [0.717, 1.165) is 29.3 Å². The van der Waals surface area contributed by atoms with Gasteiger partial charge in [-0.25, -0.2) is 0 Å². The summed E-state index contributed by atoms with van der Waals surface area (Å²) in [5.41, 5.74) is 2.38.